The SMILES string of the molecule is CC#C[C@@H]([C@H](O)C(=O)OC)[Si](C)(C)c1ccccc1. The van der Waals surface area contributed by atoms with E-state index in [4.69, 9.17) is 0 Å². The zero-order valence-corrected chi connectivity index (χ0v) is 12.8. The van der Waals surface area contributed by atoms with E-state index in [9.17, 15) is 9.90 Å². The number of benzene rings is 1. The van der Waals surface area contributed by atoms with Crippen LogP contribution >= 0.6 is 0 Å². The Labute approximate surface area is 115 Å². The first-order valence-corrected chi connectivity index (χ1v) is 9.26. The molecule has 0 bridgehead atoms. The number of hydrogen-bond donors (Lipinski definition) is 1. The van der Waals surface area contributed by atoms with Crippen LogP contribution in [0.5, 0.6) is 0 Å². The summed E-state index contributed by atoms with van der Waals surface area (Å²) in [5, 5.41) is 11.3. The minimum Gasteiger partial charge on any atom is -0.467 e. The average molecular weight is 276 g/mol. The quantitative estimate of drug-likeness (QED) is 0.515. The first-order valence-electron chi connectivity index (χ1n) is 6.18. The molecule has 1 N–H and O–H groups in total. The Balaban J connectivity index is 3.17. The molecule has 1 aromatic rings. The monoisotopic (exact) mass is 276 g/mol. The average Bonchev–Trinajstić information content (AvgIpc) is 2.43. The Bertz CT molecular complexity index is 485. The molecule has 3 nitrogen and oxygen atoms in total. The van der Waals surface area contributed by atoms with Crippen molar-refractivity contribution >= 4 is 19.2 Å². The normalized spacial score (nSPS) is 13.9. The van der Waals surface area contributed by atoms with Crippen molar-refractivity contribution in [2.75, 3.05) is 7.11 Å². The summed E-state index contributed by atoms with van der Waals surface area (Å²) >= 11 is 0. The molecular weight excluding hydrogens is 256 g/mol. The lowest BCUT2D eigenvalue weighted by atomic mass is 10.2. The van der Waals surface area contributed by atoms with Gasteiger partial charge in [-0.3, -0.25) is 0 Å². The van der Waals surface area contributed by atoms with Crippen LogP contribution in [0, 0.1) is 11.8 Å². The zero-order valence-electron chi connectivity index (χ0n) is 11.8. The zero-order chi connectivity index (χ0) is 14.5. The van der Waals surface area contributed by atoms with Gasteiger partial charge in [-0.15, -0.1) is 5.92 Å². The minimum absolute atomic E-state index is 0.382. The van der Waals surface area contributed by atoms with Crippen LogP contribution in [0.4, 0.5) is 0 Å². The molecule has 0 radical (unpaired) electrons. The summed E-state index contributed by atoms with van der Waals surface area (Å²) in [6.45, 7) is 5.92. The van der Waals surface area contributed by atoms with Crippen LogP contribution in [-0.4, -0.2) is 32.4 Å². The van der Waals surface area contributed by atoms with Gasteiger partial charge in [0, 0.05) is 0 Å². The van der Waals surface area contributed by atoms with E-state index in [0.717, 1.165) is 5.19 Å². The van der Waals surface area contributed by atoms with Crippen LogP contribution in [-0.2, 0) is 9.53 Å². The molecule has 1 rings (SSSR count). The lowest BCUT2D eigenvalue weighted by Gasteiger charge is -2.31. The second kappa shape index (κ2) is 6.55. The number of carbonyl (C=O) groups excluding carboxylic acids is 1. The molecule has 0 saturated carbocycles. The summed E-state index contributed by atoms with van der Waals surface area (Å²) in [6.07, 6.45) is -1.20. The molecule has 0 aliphatic rings. The van der Waals surface area contributed by atoms with Crippen LogP contribution in [0.2, 0.25) is 18.6 Å². The van der Waals surface area contributed by atoms with Crippen molar-refractivity contribution in [2.24, 2.45) is 0 Å². The third-order valence-electron chi connectivity index (χ3n) is 3.35. The van der Waals surface area contributed by atoms with Gasteiger partial charge in [0.25, 0.3) is 0 Å². The largest absolute Gasteiger partial charge is 0.467 e. The van der Waals surface area contributed by atoms with E-state index in [2.05, 4.69) is 29.7 Å². The van der Waals surface area contributed by atoms with Crippen LogP contribution in [0.25, 0.3) is 0 Å². The number of rotatable bonds is 4. The molecule has 19 heavy (non-hydrogen) atoms. The number of carbonyl (C=O) groups is 1. The van der Waals surface area contributed by atoms with Gasteiger partial charge in [0.1, 0.15) is 8.07 Å². The summed E-state index contributed by atoms with van der Waals surface area (Å²) in [5.74, 6) is 5.20. The van der Waals surface area contributed by atoms with E-state index >= 15 is 0 Å². The van der Waals surface area contributed by atoms with Crippen molar-refractivity contribution in [3.8, 4) is 11.8 Å². The standard InChI is InChI=1S/C15H20O3Si/c1-5-9-13(14(16)15(17)18-2)19(3,4)12-10-7-6-8-11-12/h6-8,10-11,13-14,16H,1-4H3/t13-,14-/m0/s1. The lowest BCUT2D eigenvalue weighted by Crippen LogP contribution is -2.51. The number of esters is 1. The number of ether oxygens (including phenoxy) is 1. The summed E-state index contributed by atoms with van der Waals surface area (Å²) < 4.78 is 4.64. The van der Waals surface area contributed by atoms with Crippen molar-refractivity contribution in [3.63, 3.8) is 0 Å². The Morgan fingerprint density at radius 3 is 2.37 bits per heavy atom. The molecule has 0 fully saturated rings. The highest BCUT2D eigenvalue weighted by Gasteiger charge is 2.40. The second-order valence-electron chi connectivity index (χ2n) is 4.93. The lowest BCUT2D eigenvalue weighted by molar-refractivity contribution is -0.150. The van der Waals surface area contributed by atoms with Crippen molar-refractivity contribution in [2.45, 2.75) is 31.7 Å². The Morgan fingerprint density at radius 2 is 1.89 bits per heavy atom. The first kappa shape index (κ1) is 15.5. The van der Waals surface area contributed by atoms with Gasteiger partial charge in [0.15, 0.2) is 6.10 Å². The fourth-order valence-electron chi connectivity index (χ4n) is 2.11. The molecular formula is C15H20O3Si. The van der Waals surface area contributed by atoms with Crippen LogP contribution in [0.1, 0.15) is 6.92 Å². The highest BCUT2D eigenvalue weighted by atomic mass is 28.3. The molecule has 4 heteroatoms. The topological polar surface area (TPSA) is 46.5 Å². The van der Waals surface area contributed by atoms with E-state index in [0.29, 0.717) is 0 Å². The van der Waals surface area contributed by atoms with Gasteiger partial charge in [-0.2, -0.15) is 0 Å². The number of hydrogen-bond acceptors (Lipinski definition) is 3. The molecule has 0 aromatic heterocycles. The molecule has 0 unspecified atom stereocenters. The highest BCUT2D eigenvalue weighted by Crippen LogP contribution is 2.26. The Hall–Kier alpha value is -1.57. The number of aliphatic hydroxyl groups is 1. The van der Waals surface area contributed by atoms with E-state index in [1.807, 2.05) is 30.3 Å². The minimum atomic E-state index is -2.10. The molecule has 0 aliphatic carbocycles. The van der Waals surface area contributed by atoms with Crippen LogP contribution in [0.3, 0.4) is 0 Å². The van der Waals surface area contributed by atoms with E-state index in [-0.39, 0.29) is 5.54 Å². The predicted octanol–water partition coefficient (Wildman–Crippen LogP) is 1.53. The maximum atomic E-state index is 11.6. The highest BCUT2D eigenvalue weighted by molar-refractivity contribution is 6.91. The molecule has 0 heterocycles. The summed E-state index contributed by atoms with van der Waals surface area (Å²) in [7, 11) is -0.820. The van der Waals surface area contributed by atoms with Crippen LogP contribution < -0.4 is 5.19 Å². The van der Waals surface area contributed by atoms with Gasteiger partial charge >= 0.3 is 5.97 Å². The number of aliphatic hydroxyl groups excluding tert-OH is 1. The first-order chi connectivity index (χ1) is 8.95. The smallest absolute Gasteiger partial charge is 0.335 e. The fourth-order valence-corrected chi connectivity index (χ4v) is 4.95. The molecule has 0 saturated heterocycles. The third kappa shape index (κ3) is 3.46. The fraction of sp³-hybridized carbons (Fsp3) is 0.400. The van der Waals surface area contributed by atoms with Gasteiger partial charge < -0.3 is 9.84 Å². The maximum absolute atomic E-state index is 11.6. The summed E-state index contributed by atoms with van der Waals surface area (Å²) in [6, 6.07) is 9.93. The molecule has 102 valence electrons. The molecule has 2 atom stereocenters. The van der Waals surface area contributed by atoms with Crippen molar-refractivity contribution in [3.05, 3.63) is 30.3 Å². The van der Waals surface area contributed by atoms with Gasteiger partial charge in [0.05, 0.1) is 12.7 Å². The molecule has 0 aliphatic heterocycles. The Kier molecular flexibility index (Phi) is 5.34. The van der Waals surface area contributed by atoms with Gasteiger partial charge in [-0.1, -0.05) is 54.5 Å². The summed E-state index contributed by atoms with van der Waals surface area (Å²) in [5.41, 5.74) is -0.382. The van der Waals surface area contributed by atoms with E-state index in [1.165, 1.54) is 7.11 Å². The van der Waals surface area contributed by atoms with Crippen LogP contribution in [0.15, 0.2) is 30.3 Å². The Morgan fingerprint density at radius 1 is 1.32 bits per heavy atom. The third-order valence-corrected chi connectivity index (χ3v) is 7.19. The van der Waals surface area contributed by atoms with Crippen molar-refractivity contribution in [1.82, 2.24) is 0 Å². The van der Waals surface area contributed by atoms with Crippen molar-refractivity contribution < 1.29 is 14.6 Å². The summed E-state index contributed by atoms with van der Waals surface area (Å²) in [4.78, 5) is 11.6. The van der Waals surface area contributed by atoms with Gasteiger partial charge in [-0.25, -0.2) is 4.79 Å². The molecule has 0 spiro atoms. The van der Waals surface area contributed by atoms with Gasteiger partial charge in [-0.05, 0) is 6.92 Å². The number of methoxy groups -OCH3 is 1. The predicted molar refractivity (Wildman–Crippen MR) is 78.8 cm³/mol. The second-order valence-corrected chi connectivity index (χ2v) is 9.57. The molecule has 1 aromatic carbocycles. The van der Waals surface area contributed by atoms with Crippen molar-refractivity contribution in [1.29, 1.82) is 0 Å². The maximum Gasteiger partial charge on any atom is 0.335 e. The van der Waals surface area contributed by atoms with E-state index in [1.54, 1.807) is 6.92 Å². The van der Waals surface area contributed by atoms with E-state index < -0.39 is 20.1 Å². The van der Waals surface area contributed by atoms with Gasteiger partial charge in [0.2, 0.25) is 0 Å². The molecule has 0 amide bonds.